The molecule has 0 fully saturated rings. The van der Waals surface area contributed by atoms with Crippen molar-refractivity contribution < 1.29 is 23.4 Å². The Labute approximate surface area is 146 Å². The van der Waals surface area contributed by atoms with Crippen LogP contribution in [0.2, 0.25) is 0 Å². The van der Waals surface area contributed by atoms with Gasteiger partial charge in [-0.2, -0.15) is 0 Å². The molecule has 0 aliphatic carbocycles. The van der Waals surface area contributed by atoms with Crippen LogP contribution in [0, 0.1) is 12.7 Å². The van der Waals surface area contributed by atoms with Crippen LogP contribution in [-0.2, 0) is 11.2 Å². The highest BCUT2D eigenvalue weighted by Gasteiger charge is 2.14. The molecule has 1 amide bonds. The highest BCUT2D eigenvalue weighted by Crippen LogP contribution is 2.38. The fraction of sp³-hybridized carbons (Fsp3) is 0.316. The molecule has 0 spiro atoms. The first-order valence-electron chi connectivity index (χ1n) is 7.83. The van der Waals surface area contributed by atoms with E-state index in [1.54, 1.807) is 31.2 Å². The Morgan fingerprint density at radius 1 is 1.04 bits per heavy atom. The quantitative estimate of drug-likeness (QED) is 0.829. The molecule has 0 aliphatic rings. The van der Waals surface area contributed by atoms with Gasteiger partial charge in [-0.15, -0.1) is 0 Å². The Morgan fingerprint density at radius 3 is 2.20 bits per heavy atom. The van der Waals surface area contributed by atoms with Gasteiger partial charge >= 0.3 is 0 Å². The number of hydrogen-bond donors (Lipinski definition) is 1. The van der Waals surface area contributed by atoms with Gasteiger partial charge in [0.05, 0.1) is 27.0 Å². The second-order valence-electron chi connectivity index (χ2n) is 5.57. The van der Waals surface area contributed by atoms with Crippen LogP contribution in [0.4, 0.5) is 10.1 Å². The number of hydrogen-bond acceptors (Lipinski definition) is 4. The van der Waals surface area contributed by atoms with Crippen molar-refractivity contribution in [3.8, 4) is 17.2 Å². The van der Waals surface area contributed by atoms with E-state index in [1.807, 2.05) is 0 Å². The van der Waals surface area contributed by atoms with E-state index in [9.17, 15) is 9.18 Å². The largest absolute Gasteiger partial charge is 0.493 e. The van der Waals surface area contributed by atoms with E-state index in [0.717, 1.165) is 11.1 Å². The molecule has 134 valence electrons. The Balaban J connectivity index is 2.06. The molecule has 2 aromatic rings. The first-order chi connectivity index (χ1) is 12.0. The van der Waals surface area contributed by atoms with Crippen LogP contribution in [0.3, 0.4) is 0 Å². The number of amides is 1. The van der Waals surface area contributed by atoms with Crippen LogP contribution in [-0.4, -0.2) is 27.2 Å². The highest BCUT2D eigenvalue weighted by atomic mass is 19.1. The summed E-state index contributed by atoms with van der Waals surface area (Å²) in [5, 5.41) is 2.59. The standard InChI is InChI=1S/C19H22FNO4/c1-12-5-7-15(14(20)9-12)21-18(22)8-6-13-10-16(23-2)19(25-4)17(11-13)24-3/h5,7,9-11H,6,8H2,1-4H3,(H,21,22). The minimum Gasteiger partial charge on any atom is -0.493 e. The molecule has 0 saturated carbocycles. The van der Waals surface area contributed by atoms with Crippen molar-refractivity contribution in [1.82, 2.24) is 0 Å². The maximum absolute atomic E-state index is 13.8. The zero-order valence-electron chi connectivity index (χ0n) is 14.8. The Kier molecular flexibility index (Phi) is 6.22. The Hall–Kier alpha value is -2.76. The van der Waals surface area contributed by atoms with Gasteiger partial charge in [-0.25, -0.2) is 4.39 Å². The van der Waals surface area contributed by atoms with E-state index < -0.39 is 5.82 Å². The lowest BCUT2D eigenvalue weighted by Gasteiger charge is -2.14. The summed E-state index contributed by atoms with van der Waals surface area (Å²) in [5.74, 6) is 0.848. The summed E-state index contributed by atoms with van der Waals surface area (Å²) in [4.78, 5) is 12.1. The van der Waals surface area contributed by atoms with Crippen molar-refractivity contribution in [1.29, 1.82) is 0 Å². The third-order valence-electron chi connectivity index (χ3n) is 3.76. The van der Waals surface area contributed by atoms with E-state index in [-0.39, 0.29) is 18.0 Å². The van der Waals surface area contributed by atoms with Crippen LogP contribution in [0.1, 0.15) is 17.5 Å². The van der Waals surface area contributed by atoms with Crippen molar-refractivity contribution in [3.05, 3.63) is 47.3 Å². The van der Waals surface area contributed by atoms with Crippen LogP contribution in [0.25, 0.3) is 0 Å². The minimum atomic E-state index is -0.443. The van der Waals surface area contributed by atoms with E-state index >= 15 is 0 Å². The molecule has 6 heteroatoms. The predicted octanol–water partition coefficient (Wildman–Crippen LogP) is 3.73. The smallest absolute Gasteiger partial charge is 0.224 e. The molecule has 25 heavy (non-hydrogen) atoms. The molecular weight excluding hydrogens is 325 g/mol. The van der Waals surface area contributed by atoms with Crippen molar-refractivity contribution >= 4 is 11.6 Å². The Bertz CT molecular complexity index is 736. The summed E-state index contributed by atoms with van der Waals surface area (Å²) in [6, 6.07) is 8.27. The fourth-order valence-corrected chi connectivity index (χ4v) is 2.47. The van der Waals surface area contributed by atoms with Gasteiger partial charge in [-0.3, -0.25) is 4.79 Å². The van der Waals surface area contributed by atoms with Gasteiger partial charge in [0.15, 0.2) is 11.5 Å². The third-order valence-corrected chi connectivity index (χ3v) is 3.76. The molecular formula is C19H22FNO4. The maximum Gasteiger partial charge on any atom is 0.224 e. The summed E-state index contributed by atoms with van der Waals surface area (Å²) >= 11 is 0. The molecule has 0 radical (unpaired) electrons. The summed E-state index contributed by atoms with van der Waals surface area (Å²) < 4.78 is 29.7. The predicted molar refractivity (Wildman–Crippen MR) is 94.2 cm³/mol. The van der Waals surface area contributed by atoms with Crippen molar-refractivity contribution in [2.45, 2.75) is 19.8 Å². The van der Waals surface area contributed by atoms with Gasteiger partial charge in [0, 0.05) is 6.42 Å². The van der Waals surface area contributed by atoms with E-state index in [2.05, 4.69) is 5.32 Å². The zero-order chi connectivity index (χ0) is 18.4. The fourth-order valence-electron chi connectivity index (χ4n) is 2.47. The first kappa shape index (κ1) is 18.6. The van der Waals surface area contributed by atoms with Gasteiger partial charge in [0.1, 0.15) is 5.82 Å². The molecule has 2 rings (SSSR count). The molecule has 0 bridgehead atoms. The molecule has 5 nitrogen and oxygen atoms in total. The number of halogens is 1. The summed E-state index contributed by atoms with van der Waals surface area (Å²) in [7, 11) is 4.60. The number of aryl methyl sites for hydroxylation is 2. The molecule has 0 saturated heterocycles. The topological polar surface area (TPSA) is 56.8 Å². The monoisotopic (exact) mass is 347 g/mol. The summed E-state index contributed by atoms with van der Waals surface area (Å²) in [5.41, 5.74) is 1.84. The van der Waals surface area contributed by atoms with Crippen LogP contribution >= 0.6 is 0 Å². The second-order valence-corrected chi connectivity index (χ2v) is 5.57. The summed E-state index contributed by atoms with van der Waals surface area (Å²) in [6.07, 6.45) is 0.655. The lowest BCUT2D eigenvalue weighted by molar-refractivity contribution is -0.116. The van der Waals surface area contributed by atoms with E-state index in [4.69, 9.17) is 14.2 Å². The molecule has 1 N–H and O–H groups in total. The minimum absolute atomic E-state index is 0.181. The number of benzene rings is 2. The maximum atomic E-state index is 13.8. The van der Waals surface area contributed by atoms with Crippen LogP contribution in [0.5, 0.6) is 17.2 Å². The average Bonchev–Trinajstić information content (AvgIpc) is 2.61. The number of methoxy groups -OCH3 is 3. The highest BCUT2D eigenvalue weighted by molar-refractivity contribution is 5.91. The second kappa shape index (κ2) is 8.37. The molecule has 0 atom stereocenters. The van der Waals surface area contributed by atoms with E-state index in [0.29, 0.717) is 23.7 Å². The molecule has 0 aliphatic heterocycles. The normalized spacial score (nSPS) is 10.3. The SMILES string of the molecule is COc1cc(CCC(=O)Nc2ccc(C)cc2F)cc(OC)c1OC. The van der Waals surface area contributed by atoms with Gasteiger partial charge in [0.25, 0.3) is 0 Å². The molecule has 0 aromatic heterocycles. The molecule has 2 aromatic carbocycles. The van der Waals surface area contributed by atoms with Gasteiger partial charge in [-0.05, 0) is 48.7 Å². The molecule has 0 unspecified atom stereocenters. The van der Waals surface area contributed by atoms with Gasteiger partial charge in [0.2, 0.25) is 11.7 Å². The van der Waals surface area contributed by atoms with Crippen molar-refractivity contribution in [3.63, 3.8) is 0 Å². The Morgan fingerprint density at radius 2 is 1.68 bits per heavy atom. The van der Waals surface area contributed by atoms with Crippen LogP contribution < -0.4 is 19.5 Å². The number of carbonyl (C=O) groups excluding carboxylic acids is 1. The van der Waals surface area contributed by atoms with Crippen molar-refractivity contribution in [2.24, 2.45) is 0 Å². The average molecular weight is 347 g/mol. The number of anilines is 1. The first-order valence-corrected chi connectivity index (χ1v) is 7.83. The molecule has 0 heterocycles. The third kappa shape index (κ3) is 4.62. The lowest BCUT2D eigenvalue weighted by atomic mass is 10.1. The lowest BCUT2D eigenvalue weighted by Crippen LogP contribution is -2.13. The van der Waals surface area contributed by atoms with Gasteiger partial charge in [-0.1, -0.05) is 6.07 Å². The number of ether oxygens (including phenoxy) is 3. The van der Waals surface area contributed by atoms with E-state index in [1.165, 1.54) is 27.4 Å². The van der Waals surface area contributed by atoms with Crippen molar-refractivity contribution in [2.75, 3.05) is 26.6 Å². The number of rotatable bonds is 7. The van der Waals surface area contributed by atoms with Gasteiger partial charge < -0.3 is 19.5 Å². The summed E-state index contributed by atoms with van der Waals surface area (Å²) in [6.45, 7) is 1.79. The number of carbonyl (C=O) groups is 1. The van der Waals surface area contributed by atoms with Crippen LogP contribution in [0.15, 0.2) is 30.3 Å². The zero-order valence-corrected chi connectivity index (χ0v) is 14.8. The number of nitrogens with one attached hydrogen (secondary N) is 1.